The van der Waals surface area contributed by atoms with Gasteiger partial charge in [-0.2, -0.15) is 0 Å². The van der Waals surface area contributed by atoms with Gasteiger partial charge in [0.25, 0.3) is 0 Å². The van der Waals surface area contributed by atoms with Crippen molar-refractivity contribution in [3.05, 3.63) is 17.1 Å². The van der Waals surface area contributed by atoms with E-state index in [0.717, 1.165) is 11.8 Å². The van der Waals surface area contributed by atoms with Crippen molar-refractivity contribution in [1.29, 1.82) is 0 Å². The predicted molar refractivity (Wildman–Crippen MR) is 77.4 cm³/mol. The summed E-state index contributed by atoms with van der Waals surface area (Å²) < 4.78 is 23.1. The first kappa shape index (κ1) is 16.2. The van der Waals surface area contributed by atoms with E-state index in [1.807, 2.05) is 6.92 Å². The van der Waals surface area contributed by atoms with Gasteiger partial charge < -0.3 is 10.2 Å². The molecule has 2 heterocycles. The average Bonchev–Trinajstić information content (AvgIpc) is 2.60. The monoisotopic (exact) mass is 332 g/mol. The van der Waals surface area contributed by atoms with Crippen LogP contribution in [0.15, 0.2) is 5.03 Å². The average molecular weight is 332 g/mol. The molecular weight excluding hydrogens is 316 g/mol. The van der Waals surface area contributed by atoms with Crippen molar-refractivity contribution >= 4 is 27.6 Å². The van der Waals surface area contributed by atoms with E-state index < -0.39 is 27.2 Å². The maximum absolute atomic E-state index is 11.5. The van der Waals surface area contributed by atoms with Gasteiger partial charge in [0.1, 0.15) is 16.4 Å². The first-order valence-electron chi connectivity index (χ1n) is 6.39. The first-order chi connectivity index (χ1) is 9.73. The third-order valence-corrected chi connectivity index (χ3v) is 6.40. The fraction of sp³-hybridized carbons (Fsp3) is 0.583. The number of sulfone groups is 1. The summed E-state index contributed by atoms with van der Waals surface area (Å²) in [5.74, 6) is -1.14. The van der Waals surface area contributed by atoms with Crippen molar-refractivity contribution in [2.24, 2.45) is 0 Å². The van der Waals surface area contributed by atoms with E-state index >= 15 is 0 Å². The summed E-state index contributed by atoms with van der Waals surface area (Å²) in [4.78, 5) is 19.6. The number of aromatic carboxylic acids is 1. The van der Waals surface area contributed by atoms with Gasteiger partial charge in [-0.15, -0.1) is 0 Å². The molecule has 9 heteroatoms. The summed E-state index contributed by atoms with van der Waals surface area (Å²) in [6, 6.07) is 0. The van der Waals surface area contributed by atoms with Crippen molar-refractivity contribution in [3.63, 3.8) is 0 Å². The Balaban J connectivity index is 2.39. The van der Waals surface area contributed by atoms with Gasteiger partial charge in [-0.1, -0.05) is 18.7 Å². The third kappa shape index (κ3) is 3.53. The van der Waals surface area contributed by atoms with Crippen LogP contribution in [0, 0.1) is 6.92 Å². The number of aryl methyl sites for hydroxylation is 2. The van der Waals surface area contributed by atoms with Crippen molar-refractivity contribution < 1.29 is 23.4 Å². The largest absolute Gasteiger partial charge is 0.478 e. The van der Waals surface area contributed by atoms with Crippen LogP contribution in [0.3, 0.4) is 0 Å². The highest BCUT2D eigenvalue weighted by Crippen LogP contribution is 2.33. The van der Waals surface area contributed by atoms with E-state index in [1.165, 1.54) is 0 Å². The minimum Gasteiger partial charge on any atom is -0.478 e. The molecule has 1 saturated heterocycles. The summed E-state index contributed by atoms with van der Waals surface area (Å²) in [6.45, 7) is 3.43. The number of hydrogen-bond acceptors (Lipinski definition) is 7. The van der Waals surface area contributed by atoms with Gasteiger partial charge in [0.2, 0.25) is 0 Å². The minimum atomic E-state index is -3.29. The number of carboxylic acid groups (broad SMARTS) is 1. The van der Waals surface area contributed by atoms with E-state index in [4.69, 9.17) is 0 Å². The molecular formula is C12H16N2O5S2. The molecule has 0 aromatic carbocycles. The molecule has 2 N–H and O–H groups in total. The number of rotatable bonds is 4. The highest BCUT2D eigenvalue weighted by atomic mass is 32.2. The standard InChI is InChI=1S/C12H16N2O5S2/c1-3-9-13-6(2)10(12(16)17)11(14-9)20-8-5-21(18,19)4-7(8)15/h7-8,15H,3-5H2,1-2H3,(H,16,17). The van der Waals surface area contributed by atoms with Crippen LogP contribution in [-0.4, -0.2) is 57.4 Å². The normalized spacial score (nSPS) is 24.1. The quantitative estimate of drug-likeness (QED) is 0.756. The van der Waals surface area contributed by atoms with E-state index in [1.54, 1.807) is 6.92 Å². The number of aliphatic hydroxyl groups excluding tert-OH is 1. The second-order valence-corrected chi connectivity index (χ2v) is 8.25. The summed E-state index contributed by atoms with van der Waals surface area (Å²) in [5, 5.41) is 18.7. The number of aromatic nitrogens is 2. The third-order valence-electron chi connectivity index (χ3n) is 3.17. The molecule has 0 aliphatic carbocycles. The number of aliphatic hydroxyl groups is 1. The molecule has 1 aromatic heterocycles. The Morgan fingerprint density at radius 1 is 1.38 bits per heavy atom. The lowest BCUT2D eigenvalue weighted by molar-refractivity contribution is 0.0690. The Labute approximate surface area is 126 Å². The molecule has 1 aliphatic heterocycles. The molecule has 0 saturated carbocycles. The van der Waals surface area contributed by atoms with Crippen molar-refractivity contribution in [2.45, 2.75) is 36.6 Å². The van der Waals surface area contributed by atoms with Gasteiger partial charge in [-0.3, -0.25) is 0 Å². The Hall–Kier alpha value is -1.19. The topological polar surface area (TPSA) is 117 Å². The van der Waals surface area contributed by atoms with Crippen LogP contribution in [0.1, 0.15) is 28.8 Å². The molecule has 0 bridgehead atoms. The van der Waals surface area contributed by atoms with E-state index in [2.05, 4.69) is 9.97 Å². The Morgan fingerprint density at radius 3 is 2.52 bits per heavy atom. The fourth-order valence-corrected chi connectivity index (χ4v) is 5.82. The molecule has 1 aromatic rings. The zero-order valence-electron chi connectivity index (χ0n) is 11.6. The fourth-order valence-electron chi connectivity index (χ4n) is 2.14. The minimum absolute atomic E-state index is 0.0336. The van der Waals surface area contributed by atoms with Crippen molar-refractivity contribution in [2.75, 3.05) is 11.5 Å². The number of hydrogen-bond donors (Lipinski definition) is 2. The molecule has 2 rings (SSSR count). The Bertz CT molecular complexity index is 674. The lowest BCUT2D eigenvalue weighted by atomic mass is 10.2. The molecule has 0 radical (unpaired) electrons. The molecule has 0 amide bonds. The van der Waals surface area contributed by atoms with Crippen LogP contribution in [-0.2, 0) is 16.3 Å². The Morgan fingerprint density at radius 2 is 2.05 bits per heavy atom. The summed E-state index contributed by atoms with van der Waals surface area (Å²) >= 11 is 0.999. The lowest BCUT2D eigenvalue weighted by Crippen LogP contribution is -2.21. The molecule has 116 valence electrons. The smallest absolute Gasteiger partial charge is 0.340 e. The van der Waals surface area contributed by atoms with Crippen LogP contribution in [0.4, 0.5) is 0 Å². The summed E-state index contributed by atoms with van der Waals surface area (Å²) in [7, 11) is -3.29. The van der Waals surface area contributed by atoms with Gasteiger partial charge in [-0.05, 0) is 6.92 Å². The van der Waals surface area contributed by atoms with Crippen LogP contribution >= 0.6 is 11.8 Å². The molecule has 0 spiro atoms. The second kappa shape index (κ2) is 5.90. The van der Waals surface area contributed by atoms with Crippen LogP contribution in [0.2, 0.25) is 0 Å². The summed E-state index contributed by atoms with van der Waals surface area (Å²) in [6.07, 6.45) is -0.471. The maximum Gasteiger partial charge on any atom is 0.340 e. The first-order valence-corrected chi connectivity index (χ1v) is 9.09. The molecule has 21 heavy (non-hydrogen) atoms. The van der Waals surface area contributed by atoms with E-state index in [0.29, 0.717) is 17.9 Å². The highest BCUT2D eigenvalue weighted by Gasteiger charge is 2.38. The zero-order valence-corrected chi connectivity index (χ0v) is 13.2. The maximum atomic E-state index is 11.5. The molecule has 2 unspecified atom stereocenters. The zero-order chi connectivity index (χ0) is 15.8. The van der Waals surface area contributed by atoms with Crippen molar-refractivity contribution in [1.82, 2.24) is 9.97 Å². The second-order valence-electron chi connectivity index (χ2n) is 4.86. The number of carbonyl (C=O) groups is 1. The molecule has 1 fully saturated rings. The lowest BCUT2D eigenvalue weighted by Gasteiger charge is -2.14. The van der Waals surface area contributed by atoms with Gasteiger partial charge in [-0.25, -0.2) is 23.2 Å². The van der Waals surface area contributed by atoms with Crippen LogP contribution < -0.4 is 0 Å². The molecule has 7 nitrogen and oxygen atoms in total. The SMILES string of the molecule is CCc1nc(C)c(C(=O)O)c(SC2CS(=O)(=O)CC2O)n1. The predicted octanol–water partition coefficient (Wildman–Crippen LogP) is 0.296. The summed E-state index contributed by atoms with van der Waals surface area (Å²) in [5.41, 5.74) is 0.306. The van der Waals surface area contributed by atoms with Crippen LogP contribution in [0.25, 0.3) is 0 Å². The Kier molecular flexibility index (Phi) is 4.54. The molecule has 2 atom stereocenters. The number of carboxylic acids is 1. The van der Waals surface area contributed by atoms with E-state index in [9.17, 15) is 23.4 Å². The van der Waals surface area contributed by atoms with E-state index in [-0.39, 0.29) is 22.1 Å². The van der Waals surface area contributed by atoms with Gasteiger partial charge in [0, 0.05) is 6.42 Å². The van der Waals surface area contributed by atoms with Gasteiger partial charge in [0.15, 0.2) is 9.84 Å². The number of thioether (sulfide) groups is 1. The number of nitrogens with zero attached hydrogens (tertiary/aromatic N) is 2. The van der Waals surface area contributed by atoms with Gasteiger partial charge in [0.05, 0.1) is 28.6 Å². The highest BCUT2D eigenvalue weighted by molar-refractivity contribution is 8.02. The molecule has 1 aliphatic rings. The van der Waals surface area contributed by atoms with Crippen LogP contribution in [0.5, 0.6) is 0 Å². The van der Waals surface area contributed by atoms with Gasteiger partial charge >= 0.3 is 5.97 Å². The van der Waals surface area contributed by atoms with Crippen molar-refractivity contribution in [3.8, 4) is 0 Å².